The number of benzene rings is 2. The molecule has 0 aliphatic heterocycles. The molecule has 2 aromatic heterocycles. The molecule has 2 heterocycles. The molecule has 10 heteroatoms. The highest BCUT2D eigenvalue weighted by Gasteiger charge is 2.21. The minimum Gasteiger partial charge on any atom is -0.619 e. The molecule has 0 bridgehead atoms. The zero-order chi connectivity index (χ0) is 27.1. The van der Waals surface area contributed by atoms with Crippen LogP contribution in [0.15, 0.2) is 91.4 Å². The van der Waals surface area contributed by atoms with E-state index in [0.29, 0.717) is 22.5 Å². The van der Waals surface area contributed by atoms with Gasteiger partial charge in [0.1, 0.15) is 5.82 Å². The number of nitrogens with one attached hydrogen (secondary N) is 1. The maximum atomic E-state index is 13.0. The molecule has 0 aliphatic rings. The number of pyridine rings is 2. The predicted octanol–water partition coefficient (Wildman–Crippen LogP) is 6.47. The quantitative estimate of drug-likeness (QED) is 0.138. The van der Waals surface area contributed by atoms with Crippen LogP contribution in [0.3, 0.4) is 0 Å². The van der Waals surface area contributed by atoms with Gasteiger partial charge in [0, 0.05) is 30.3 Å². The van der Waals surface area contributed by atoms with Gasteiger partial charge in [-0.2, -0.15) is 22.3 Å². The standard InChI is InChI=1S/C28H25F4N3O3/c1-18(20-5-3-2-4-6-20)34-26-10-8-22(17-33-26)23(15-19-11-13-35(36)14-12-19)21-7-9-24(37-27(29)30)25(16-21)38-28(31)32/h2-14,16-18,23,27-28H,15H2,1H3,(H,33,34). The normalized spacial score (nSPS) is 12.8. The second-order valence-electron chi connectivity index (χ2n) is 8.54. The summed E-state index contributed by atoms with van der Waals surface area (Å²) in [7, 11) is 0. The average molecular weight is 528 g/mol. The van der Waals surface area contributed by atoms with Crippen LogP contribution < -0.4 is 19.5 Å². The summed E-state index contributed by atoms with van der Waals surface area (Å²) in [5.74, 6) is -0.789. The summed E-state index contributed by atoms with van der Waals surface area (Å²) in [6.45, 7) is -4.43. The van der Waals surface area contributed by atoms with Gasteiger partial charge in [-0.15, -0.1) is 0 Å². The van der Waals surface area contributed by atoms with Crippen LogP contribution in [-0.2, 0) is 6.42 Å². The van der Waals surface area contributed by atoms with Gasteiger partial charge < -0.3 is 20.0 Å². The van der Waals surface area contributed by atoms with Gasteiger partial charge in [0.2, 0.25) is 0 Å². The molecule has 0 aliphatic carbocycles. The zero-order valence-corrected chi connectivity index (χ0v) is 20.3. The minimum atomic E-state index is -3.23. The molecule has 1 N–H and O–H groups in total. The average Bonchev–Trinajstić information content (AvgIpc) is 2.90. The van der Waals surface area contributed by atoms with E-state index < -0.39 is 30.6 Å². The number of ether oxygens (including phenoxy) is 2. The number of alkyl halides is 4. The first-order valence-corrected chi connectivity index (χ1v) is 11.8. The molecule has 0 saturated heterocycles. The van der Waals surface area contributed by atoms with Gasteiger partial charge in [0.15, 0.2) is 23.9 Å². The summed E-state index contributed by atoms with van der Waals surface area (Å²) in [6, 6.07) is 20.8. The van der Waals surface area contributed by atoms with Gasteiger partial charge in [-0.3, -0.25) is 0 Å². The molecule has 0 saturated carbocycles. The molecule has 38 heavy (non-hydrogen) atoms. The van der Waals surface area contributed by atoms with Crippen LogP contribution in [0, 0.1) is 5.21 Å². The highest BCUT2D eigenvalue weighted by molar-refractivity contribution is 5.48. The van der Waals surface area contributed by atoms with Crippen LogP contribution in [0.1, 0.15) is 41.1 Å². The molecule has 0 amide bonds. The molecule has 198 valence electrons. The molecule has 0 fully saturated rings. The molecule has 2 atom stereocenters. The Morgan fingerprint density at radius 1 is 0.816 bits per heavy atom. The monoisotopic (exact) mass is 527 g/mol. The van der Waals surface area contributed by atoms with Crippen molar-refractivity contribution in [2.75, 3.05) is 5.32 Å². The Hall–Kier alpha value is -4.34. The number of anilines is 1. The van der Waals surface area contributed by atoms with Crippen molar-refractivity contribution in [3.05, 3.63) is 119 Å². The fourth-order valence-corrected chi connectivity index (χ4v) is 4.11. The van der Waals surface area contributed by atoms with E-state index in [9.17, 15) is 22.8 Å². The molecular formula is C28H25F4N3O3. The Morgan fingerprint density at radius 2 is 1.47 bits per heavy atom. The molecule has 2 unspecified atom stereocenters. The fourth-order valence-electron chi connectivity index (χ4n) is 4.11. The summed E-state index contributed by atoms with van der Waals surface area (Å²) in [5, 5.41) is 14.8. The van der Waals surface area contributed by atoms with E-state index in [4.69, 9.17) is 0 Å². The van der Waals surface area contributed by atoms with Gasteiger partial charge in [0.25, 0.3) is 0 Å². The van der Waals surface area contributed by atoms with Crippen molar-refractivity contribution >= 4 is 5.82 Å². The Balaban J connectivity index is 1.65. The topological polar surface area (TPSA) is 70.3 Å². The molecular weight excluding hydrogens is 502 g/mol. The number of aromatic nitrogens is 2. The third kappa shape index (κ3) is 7.12. The highest BCUT2D eigenvalue weighted by atomic mass is 19.3. The summed E-state index contributed by atoms with van der Waals surface area (Å²) < 4.78 is 61.2. The van der Waals surface area contributed by atoms with E-state index in [2.05, 4.69) is 19.8 Å². The molecule has 4 rings (SSSR count). The van der Waals surface area contributed by atoms with E-state index in [0.717, 1.165) is 16.7 Å². The van der Waals surface area contributed by atoms with E-state index in [1.165, 1.54) is 30.6 Å². The molecule has 0 radical (unpaired) electrons. The third-order valence-corrected chi connectivity index (χ3v) is 5.97. The number of hydrogen-bond donors (Lipinski definition) is 1. The van der Waals surface area contributed by atoms with Gasteiger partial charge in [0.05, 0.1) is 0 Å². The van der Waals surface area contributed by atoms with Crippen molar-refractivity contribution in [3.63, 3.8) is 0 Å². The van der Waals surface area contributed by atoms with Crippen molar-refractivity contribution in [2.24, 2.45) is 0 Å². The number of halogens is 4. The van der Waals surface area contributed by atoms with Gasteiger partial charge >= 0.3 is 13.2 Å². The second kappa shape index (κ2) is 12.3. The van der Waals surface area contributed by atoms with E-state index in [1.54, 1.807) is 18.3 Å². The summed E-state index contributed by atoms with van der Waals surface area (Å²) >= 11 is 0. The van der Waals surface area contributed by atoms with Crippen molar-refractivity contribution in [1.29, 1.82) is 0 Å². The first kappa shape index (κ1) is 26.7. The molecule has 4 aromatic rings. The summed E-state index contributed by atoms with van der Waals surface area (Å²) in [5.41, 5.74) is 3.15. The van der Waals surface area contributed by atoms with Crippen molar-refractivity contribution in [3.8, 4) is 11.5 Å². The van der Waals surface area contributed by atoms with Crippen LogP contribution in [0.25, 0.3) is 0 Å². The van der Waals surface area contributed by atoms with E-state index in [-0.39, 0.29) is 6.04 Å². The number of rotatable bonds is 11. The third-order valence-electron chi connectivity index (χ3n) is 5.97. The number of hydrogen-bond acceptors (Lipinski definition) is 5. The van der Waals surface area contributed by atoms with Crippen molar-refractivity contribution < 1.29 is 31.8 Å². The lowest BCUT2D eigenvalue weighted by atomic mass is 9.86. The van der Waals surface area contributed by atoms with Gasteiger partial charge in [-0.25, -0.2) is 4.98 Å². The maximum absolute atomic E-state index is 13.0. The van der Waals surface area contributed by atoms with Crippen molar-refractivity contribution in [1.82, 2.24) is 4.98 Å². The summed E-state index contributed by atoms with van der Waals surface area (Å²) in [6.07, 6.45) is 4.75. The second-order valence-corrected chi connectivity index (χ2v) is 8.54. The zero-order valence-electron chi connectivity index (χ0n) is 20.3. The largest absolute Gasteiger partial charge is 0.619 e. The lowest BCUT2D eigenvalue weighted by Crippen LogP contribution is -2.24. The first-order chi connectivity index (χ1) is 18.3. The Kier molecular flexibility index (Phi) is 8.62. The van der Waals surface area contributed by atoms with Gasteiger partial charge in [-0.05, 0) is 53.8 Å². The lowest BCUT2D eigenvalue weighted by molar-refractivity contribution is -0.605. The predicted molar refractivity (Wildman–Crippen MR) is 133 cm³/mol. The Bertz CT molecular complexity index is 1310. The van der Waals surface area contributed by atoms with Crippen LogP contribution in [0.5, 0.6) is 11.5 Å². The van der Waals surface area contributed by atoms with E-state index in [1.807, 2.05) is 49.4 Å². The first-order valence-electron chi connectivity index (χ1n) is 11.8. The fraction of sp³-hybridized carbons (Fsp3) is 0.214. The molecule has 2 aromatic carbocycles. The van der Waals surface area contributed by atoms with Crippen molar-refractivity contribution in [2.45, 2.75) is 38.5 Å². The minimum absolute atomic E-state index is 0.00452. The smallest absolute Gasteiger partial charge is 0.387 e. The maximum Gasteiger partial charge on any atom is 0.387 e. The van der Waals surface area contributed by atoms with E-state index >= 15 is 0 Å². The van der Waals surface area contributed by atoms with Gasteiger partial charge in [-0.1, -0.05) is 42.5 Å². The highest BCUT2D eigenvalue weighted by Crippen LogP contribution is 2.37. The SMILES string of the molecule is CC(Nc1ccc(C(Cc2cc[n+]([O-])cc2)c2ccc(OC(F)F)c(OC(F)F)c2)cn1)c1ccccc1. The molecule has 0 spiro atoms. The lowest BCUT2D eigenvalue weighted by Gasteiger charge is -2.21. The Labute approximate surface area is 217 Å². The summed E-state index contributed by atoms with van der Waals surface area (Å²) in [4.78, 5) is 4.53. The van der Waals surface area contributed by atoms with Crippen LogP contribution in [0.2, 0.25) is 0 Å². The van der Waals surface area contributed by atoms with Crippen LogP contribution in [-0.4, -0.2) is 18.2 Å². The molecule has 6 nitrogen and oxygen atoms in total. The van der Waals surface area contributed by atoms with Crippen LogP contribution >= 0.6 is 0 Å². The number of nitrogens with zero attached hydrogens (tertiary/aromatic N) is 2. The Morgan fingerprint density at radius 3 is 2.11 bits per heavy atom. The van der Waals surface area contributed by atoms with Crippen LogP contribution in [0.4, 0.5) is 23.4 Å².